The third-order valence-electron chi connectivity index (χ3n) is 4.54. The van der Waals surface area contributed by atoms with Gasteiger partial charge in [0.1, 0.15) is 11.6 Å². The number of halogens is 2. The van der Waals surface area contributed by atoms with Crippen LogP contribution in [-0.4, -0.2) is 6.04 Å². The Morgan fingerprint density at radius 2 is 1.94 bits per heavy atom. The summed E-state index contributed by atoms with van der Waals surface area (Å²) < 4.78 is 26.5. The molecule has 1 unspecified atom stereocenters. The molecule has 100 valence electrons. The first-order valence-electron chi connectivity index (χ1n) is 6.77. The first kappa shape index (κ1) is 13.5. The van der Waals surface area contributed by atoms with Crippen LogP contribution in [-0.2, 0) is 6.42 Å². The van der Waals surface area contributed by atoms with Gasteiger partial charge < -0.3 is 5.73 Å². The van der Waals surface area contributed by atoms with Crippen molar-refractivity contribution < 1.29 is 8.78 Å². The molecule has 1 aromatic rings. The van der Waals surface area contributed by atoms with Gasteiger partial charge in [-0.3, -0.25) is 0 Å². The lowest BCUT2D eigenvalue weighted by Gasteiger charge is -2.34. The summed E-state index contributed by atoms with van der Waals surface area (Å²) in [6.07, 6.45) is 6.23. The largest absolute Gasteiger partial charge is 0.327 e. The van der Waals surface area contributed by atoms with Gasteiger partial charge in [0.15, 0.2) is 0 Å². The first-order chi connectivity index (χ1) is 8.57. The average Bonchev–Trinajstić information content (AvgIpc) is 2.82. The normalized spacial score (nSPS) is 20.0. The Labute approximate surface area is 107 Å². The van der Waals surface area contributed by atoms with Gasteiger partial charge in [-0.2, -0.15) is 0 Å². The zero-order chi connectivity index (χ0) is 13.2. The van der Waals surface area contributed by atoms with Crippen LogP contribution in [0.15, 0.2) is 18.2 Å². The molecule has 0 bridgehead atoms. The van der Waals surface area contributed by atoms with Crippen LogP contribution in [0.25, 0.3) is 0 Å². The topological polar surface area (TPSA) is 26.0 Å². The minimum absolute atomic E-state index is 0.0371. The SMILES string of the molecule is CCC1(C(N)Cc2ccc(F)cc2F)CCCC1. The summed E-state index contributed by atoms with van der Waals surface area (Å²) in [6, 6.07) is 3.72. The van der Waals surface area contributed by atoms with E-state index in [1.165, 1.54) is 25.0 Å². The van der Waals surface area contributed by atoms with E-state index in [0.717, 1.165) is 25.3 Å². The molecule has 18 heavy (non-hydrogen) atoms. The van der Waals surface area contributed by atoms with Crippen LogP contribution in [0.1, 0.15) is 44.6 Å². The Morgan fingerprint density at radius 3 is 2.50 bits per heavy atom. The highest BCUT2D eigenvalue weighted by molar-refractivity contribution is 5.20. The van der Waals surface area contributed by atoms with Crippen molar-refractivity contribution in [2.24, 2.45) is 11.1 Å². The lowest BCUT2D eigenvalue weighted by atomic mass is 9.74. The van der Waals surface area contributed by atoms with E-state index in [4.69, 9.17) is 5.73 Å². The molecule has 3 heteroatoms. The molecule has 0 amide bonds. The summed E-state index contributed by atoms with van der Waals surface area (Å²) in [6.45, 7) is 2.16. The molecule has 1 aliphatic carbocycles. The van der Waals surface area contributed by atoms with Crippen molar-refractivity contribution in [1.29, 1.82) is 0 Å². The van der Waals surface area contributed by atoms with Crippen LogP contribution in [0.3, 0.4) is 0 Å². The molecule has 0 spiro atoms. The molecule has 2 N–H and O–H groups in total. The van der Waals surface area contributed by atoms with Crippen molar-refractivity contribution in [3.8, 4) is 0 Å². The van der Waals surface area contributed by atoms with Crippen LogP contribution >= 0.6 is 0 Å². The number of hydrogen-bond donors (Lipinski definition) is 1. The number of hydrogen-bond acceptors (Lipinski definition) is 1. The maximum atomic E-state index is 13.6. The third kappa shape index (κ3) is 2.56. The molecular weight excluding hydrogens is 232 g/mol. The summed E-state index contributed by atoms with van der Waals surface area (Å²) in [5.74, 6) is -1.01. The van der Waals surface area contributed by atoms with Crippen LogP contribution in [0, 0.1) is 17.0 Å². The number of benzene rings is 1. The van der Waals surface area contributed by atoms with Crippen LogP contribution in [0.4, 0.5) is 8.78 Å². The van der Waals surface area contributed by atoms with Gasteiger partial charge in [0.05, 0.1) is 0 Å². The molecule has 2 rings (SSSR count). The second-order valence-electron chi connectivity index (χ2n) is 5.47. The molecule has 0 radical (unpaired) electrons. The Bertz CT molecular complexity index is 411. The van der Waals surface area contributed by atoms with Crippen LogP contribution in [0.2, 0.25) is 0 Å². The van der Waals surface area contributed by atoms with E-state index in [2.05, 4.69) is 6.92 Å². The van der Waals surface area contributed by atoms with Crippen molar-refractivity contribution in [3.63, 3.8) is 0 Å². The van der Waals surface area contributed by atoms with E-state index in [9.17, 15) is 8.78 Å². The van der Waals surface area contributed by atoms with Crippen molar-refractivity contribution in [1.82, 2.24) is 0 Å². The zero-order valence-corrected chi connectivity index (χ0v) is 10.9. The Hall–Kier alpha value is -0.960. The fraction of sp³-hybridized carbons (Fsp3) is 0.600. The molecule has 1 nitrogen and oxygen atoms in total. The van der Waals surface area contributed by atoms with E-state index in [-0.39, 0.29) is 11.5 Å². The summed E-state index contributed by atoms with van der Waals surface area (Å²) in [5.41, 5.74) is 6.99. The molecule has 1 saturated carbocycles. The maximum Gasteiger partial charge on any atom is 0.129 e. The van der Waals surface area contributed by atoms with E-state index in [1.807, 2.05) is 0 Å². The van der Waals surface area contributed by atoms with E-state index in [1.54, 1.807) is 0 Å². The van der Waals surface area contributed by atoms with E-state index >= 15 is 0 Å². The second-order valence-corrected chi connectivity index (χ2v) is 5.47. The first-order valence-corrected chi connectivity index (χ1v) is 6.77. The monoisotopic (exact) mass is 253 g/mol. The van der Waals surface area contributed by atoms with Gasteiger partial charge in [-0.1, -0.05) is 25.8 Å². The highest BCUT2D eigenvalue weighted by atomic mass is 19.1. The summed E-state index contributed by atoms with van der Waals surface area (Å²) in [4.78, 5) is 0. The standard InChI is InChI=1S/C15H21F2N/c1-2-15(7-3-4-8-15)14(18)9-11-5-6-12(16)10-13(11)17/h5-6,10,14H,2-4,7-9,18H2,1H3. The summed E-state index contributed by atoms with van der Waals surface area (Å²) >= 11 is 0. The minimum atomic E-state index is -0.532. The zero-order valence-electron chi connectivity index (χ0n) is 10.9. The quantitative estimate of drug-likeness (QED) is 0.867. The van der Waals surface area contributed by atoms with Gasteiger partial charge in [-0.15, -0.1) is 0 Å². The van der Waals surface area contributed by atoms with Gasteiger partial charge >= 0.3 is 0 Å². The van der Waals surface area contributed by atoms with Crippen molar-refractivity contribution >= 4 is 0 Å². The Balaban J connectivity index is 2.12. The van der Waals surface area contributed by atoms with Gasteiger partial charge in [-0.05, 0) is 42.7 Å². The van der Waals surface area contributed by atoms with Crippen molar-refractivity contribution in [2.75, 3.05) is 0 Å². The fourth-order valence-electron chi connectivity index (χ4n) is 3.21. The van der Waals surface area contributed by atoms with Gasteiger partial charge in [0, 0.05) is 12.1 Å². The number of rotatable bonds is 4. The molecule has 0 saturated heterocycles. The van der Waals surface area contributed by atoms with E-state index < -0.39 is 11.6 Å². The summed E-state index contributed by atoms with van der Waals surface area (Å²) in [7, 11) is 0. The lowest BCUT2D eigenvalue weighted by Crippen LogP contribution is -2.41. The molecule has 1 atom stereocenters. The highest BCUT2D eigenvalue weighted by Crippen LogP contribution is 2.44. The number of nitrogens with two attached hydrogens (primary N) is 1. The highest BCUT2D eigenvalue weighted by Gasteiger charge is 2.37. The van der Waals surface area contributed by atoms with Crippen molar-refractivity contribution in [3.05, 3.63) is 35.4 Å². The van der Waals surface area contributed by atoms with Crippen LogP contribution in [0.5, 0.6) is 0 Å². The van der Waals surface area contributed by atoms with Gasteiger partial charge in [0.2, 0.25) is 0 Å². The molecule has 1 aliphatic rings. The van der Waals surface area contributed by atoms with Crippen molar-refractivity contribution in [2.45, 2.75) is 51.5 Å². The smallest absolute Gasteiger partial charge is 0.129 e. The average molecular weight is 253 g/mol. The molecule has 0 heterocycles. The predicted octanol–water partition coefficient (Wildman–Crippen LogP) is 3.81. The molecule has 0 aliphatic heterocycles. The van der Waals surface area contributed by atoms with E-state index in [0.29, 0.717) is 12.0 Å². The predicted molar refractivity (Wildman–Crippen MR) is 69.2 cm³/mol. The molecule has 0 aromatic heterocycles. The van der Waals surface area contributed by atoms with Crippen LogP contribution < -0.4 is 5.73 Å². The summed E-state index contributed by atoms with van der Waals surface area (Å²) in [5, 5.41) is 0. The molecule has 1 fully saturated rings. The fourth-order valence-corrected chi connectivity index (χ4v) is 3.21. The Morgan fingerprint density at radius 1 is 1.28 bits per heavy atom. The second kappa shape index (κ2) is 5.35. The van der Waals surface area contributed by atoms with Gasteiger partial charge in [-0.25, -0.2) is 8.78 Å². The third-order valence-corrected chi connectivity index (χ3v) is 4.54. The lowest BCUT2D eigenvalue weighted by molar-refractivity contribution is 0.217. The Kier molecular flexibility index (Phi) is 4.00. The minimum Gasteiger partial charge on any atom is -0.327 e. The van der Waals surface area contributed by atoms with Gasteiger partial charge in [0.25, 0.3) is 0 Å². The molecular formula is C15H21F2N. The maximum absolute atomic E-state index is 13.6. The molecule has 1 aromatic carbocycles.